The molecule has 18 heavy (non-hydrogen) atoms. The lowest BCUT2D eigenvalue weighted by Crippen LogP contribution is -2.01. The van der Waals surface area contributed by atoms with Crippen molar-refractivity contribution in [3.8, 4) is 11.4 Å². The second-order valence-electron chi connectivity index (χ2n) is 3.69. The second kappa shape index (κ2) is 4.11. The Morgan fingerprint density at radius 1 is 1.33 bits per heavy atom. The lowest BCUT2D eigenvalue weighted by molar-refractivity contribution is 0.585. The fraction of sp³-hybridized carbons (Fsp3) is 0.0909. The lowest BCUT2D eigenvalue weighted by Gasteiger charge is -1.97. The molecule has 2 heterocycles. The number of hydrogen-bond donors (Lipinski definition) is 1. The van der Waals surface area contributed by atoms with Crippen LogP contribution in [0.1, 0.15) is 5.69 Å². The fourth-order valence-electron chi connectivity index (χ4n) is 1.65. The maximum absolute atomic E-state index is 13.6. The van der Waals surface area contributed by atoms with Crippen LogP contribution in [-0.4, -0.2) is 14.6 Å². The molecule has 1 aromatic carbocycles. The number of nitrogens with two attached hydrogens (primary N) is 1. The number of aromatic nitrogens is 3. The molecule has 0 spiro atoms. The molecule has 0 saturated carbocycles. The number of hydrogen-bond acceptors (Lipinski definition) is 4. The van der Waals surface area contributed by atoms with Gasteiger partial charge in [0.25, 0.3) is 0 Å². The predicted molar refractivity (Wildman–Crippen MR) is 64.1 cm³/mol. The SMILES string of the molecule is NCc1csc2nc(-c3ccc(F)cc3F)nn12. The van der Waals surface area contributed by atoms with Gasteiger partial charge in [-0.05, 0) is 12.1 Å². The van der Waals surface area contributed by atoms with Crippen molar-refractivity contribution in [2.45, 2.75) is 6.54 Å². The molecule has 0 aliphatic heterocycles. The maximum atomic E-state index is 13.6. The number of benzene rings is 1. The van der Waals surface area contributed by atoms with E-state index in [1.165, 1.54) is 23.5 Å². The highest BCUT2D eigenvalue weighted by Crippen LogP contribution is 2.23. The first kappa shape index (κ1) is 11.2. The topological polar surface area (TPSA) is 56.2 Å². The van der Waals surface area contributed by atoms with Crippen molar-refractivity contribution in [1.29, 1.82) is 0 Å². The van der Waals surface area contributed by atoms with E-state index in [4.69, 9.17) is 5.73 Å². The van der Waals surface area contributed by atoms with Crippen LogP contribution in [0, 0.1) is 11.6 Å². The van der Waals surface area contributed by atoms with Gasteiger partial charge in [0, 0.05) is 18.0 Å². The summed E-state index contributed by atoms with van der Waals surface area (Å²) in [4.78, 5) is 4.83. The van der Waals surface area contributed by atoms with Crippen molar-refractivity contribution in [3.05, 3.63) is 40.9 Å². The van der Waals surface area contributed by atoms with Crippen molar-refractivity contribution >= 4 is 16.3 Å². The van der Waals surface area contributed by atoms with Gasteiger partial charge in [-0.1, -0.05) is 0 Å². The summed E-state index contributed by atoms with van der Waals surface area (Å²) in [5, 5.41) is 6.03. The Morgan fingerprint density at radius 3 is 2.89 bits per heavy atom. The van der Waals surface area contributed by atoms with Crippen molar-refractivity contribution < 1.29 is 8.78 Å². The van der Waals surface area contributed by atoms with Crippen molar-refractivity contribution in [2.24, 2.45) is 5.73 Å². The quantitative estimate of drug-likeness (QED) is 0.773. The Hall–Kier alpha value is -1.86. The third-order valence-electron chi connectivity index (χ3n) is 2.53. The van der Waals surface area contributed by atoms with E-state index in [0.717, 1.165) is 11.8 Å². The molecule has 92 valence electrons. The van der Waals surface area contributed by atoms with Crippen LogP contribution in [0.2, 0.25) is 0 Å². The minimum absolute atomic E-state index is 0.176. The first-order chi connectivity index (χ1) is 8.69. The van der Waals surface area contributed by atoms with E-state index in [0.29, 0.717) is 11.5 Å². The smallest absolute Gasteiger partial charge is 0.212 e. The molecule has 0 aliphatic rings. The van der Waals surface area contributed by atoms with E-state index in [1.807, 2.05) is 5.38 Å². The largest absolute Gasteiger partial charge is 0.325 e. The summed E-state index contributed by atoms with van der Waals surface area (Å²) < 4.78 is 28.0. The lowest BCUT2D eigenvalue weighted by atomic mass is 10.2. The normalized spacial score (nSPS) is 11.3. The minimum Gasteiger partial charge on any atom is -0.325 e. The Balaban J connectivity index is 2.16. The summed E-state index contributed by atoms with van der Waals surface area (Å²) >= 11 is 1.38. The molecular weight excluding hydrogens is 258 g/mol. The van der Waals surface area contributed by atoms with Crippen molar-refractivity contribution in [1.82, 2.24) is 14.6 Å². The van der Waals surface area contributed by atoms with Gasteiger partial charge in [-0.3, -0.25) is 0 Å². The molecule has 3 rings (SSSR count). The predicted octanol–water partition coefficient (Wildman–Crippen LogP) is 2.19. The van der Waals surface area contributed by atoms with E-state index in [2.05, 4.69) is 10.1 Å². The summed E-state index contributed by atoms with van der Waals surface area (Å²) in [6, 6.07) is 3.32. The zero-order valence-electron chi connectivity index (χ0n) is 9.10. The number of thiazole rings is 1. The molecule has 2 aromatic heterocycles. The molecule has 0 unspecified atom stereocenters. The summed E-state index contributed by atoms with van der Waals surface area (Å²) in [7, 11) is 0. The zero-order chi connectivity index (χ0) is 12.7. The van der Waals surface area contributed by atoms with Crippen LogP contribution >= 0.6 is 11.3 Å². The standard InChI is InChI=1S/C11H8F2N4S/c12-6-1-2-8(9(13)3-6)10-15-11-17(16-10)7(4-14)5-18-11/h1-3,5H,4,14H2. The fourth-order valence-corrected chi connectivity index (χ4v) is 2.49. The molecule has 0 aliphatic carbocycles. The van der Waals surface area contributed by atoms with Gasteiger partial charge in [-0.25, -0.2) is 13.3 Å². The van der Waals surface area contributed by atoms with Crippen molar-refractivity contribution in [3.63, 3.8) is 0 Å². The third-order valence-corrected chi connectivity index (χ3v) is 3.40. The van der Waals surface area contributed by atoms with Crippen LogP contribution in [-0.2, 0) is 6.54 Å². The monoisotopic (exact) mass is 266 g/mol. The van der Waals surface area contributed by atoms with Crippen LogP contribution in [0.15, 0.2) is 23.6 Å². The number of fused-ring (bicyclic) bond motifs is 1. The van der Waals surface area contributed by atoms with E-state index in [1.54, 1.807) is 4.52 Å². The average molecular weight is 266 g/mol. The molecule has 4 nitrogen and oxygen atoms in total. The molecule has 0 amide bonds. The van der Waals surface area contributed by atoms with Crippen LogP contribution in [0.25, 0.3) is 16.3 Å². The summed E-state index contributed by atoms with van der Waals surface area (Å²) in [5.41, 5.74) is 6.53. The summed E-state index contributed by atoms with van der Waals surface area (Å²) in [6.07, 6.45) is 0. The Kier molecular flexibility index (Phi) is 2.57. The van der Waals surface area contributed by atoms with Gasteiger partial charge in [0.2, 0.25) is 4.96 Å². The molecule has 0 radical (unpaired) electrons. The summed E-state index contributed by atoms with van der Waals surface area (Å²) in [6.45, 7) is 0.328. The van der Waals surface area contributed by atoms with Gasteiger partial charge in [0.15, 0.2) is 5.82 Å². The second-order valence-corrected chi connectivity index (χ2v) is 4.52. The highest BCUT2D eigenvalue weighted by molar-refractivity contribution is 7.15. The number of halogens is 2. The highest BCUT2D eigenvalue weighted by Gasteiger charge is 2.14. The Bertz CT molecular complexity index is 719. The van der Waals surface area contributed by atoms with Crippen LogP contribution < -0.4 is 5.73 Å². The molecular formula is C11H8F2N4S. The number of nitrogens with zero attached hydrogens (tertiary/aromatic N) is 3. The minimum atomic E-state index is -0.678. The van der Waals surface area contributed by atoms with Crippen LogP contribution in [0.5, 0.6) is 0 Å². The first-order valence-electron chi connectivity index (χ1n) is 5.17. The first-order valence-corrected chi connectivity index (χ1v) is 6.05. The number of rotatable bonds is 2. The van der Waals surface area contributed by atoms with E-state index >= 15 is 0 Å². The average Bonchev–Trinajstić information content (AvgIpc) is 2.88. The van der Waals surface area contributed by atoms with Crippen LogP contribution in [0.3, 0.4) is 0 Å². The van der Waals surface area contributed by atoms with Gasteiger partial charge in [-0.2, -0.15) is 4.98 Å². The van der Waals surface area contributed by atoms with E-state index in [-0.39, 0.29) is 11.4 Å². The van der Waals surface area contributed by atoms with Gasteiger partial charge in [0.1, 0.15) is 11.6 Å². The van der Waals surface area contributed by atoms with Crippen molar-refractivity contribution in [2.75, 3.05) is 0 Å². The molecule has 0 atom stereocenters. The zero-order valence-corrected chi connectivity index (χ0v) is 9.92. The molecule has 0 fully saturated rings. The molecule has 7 heteroatoms. The molecule has 0 saturated heterocycles. The van der Waals surface area contributed by atoms with E-state index in [9.17, 15) is 8.78 Å². The van der Waals surface area contributed by atoms with E-state index < -0.39 is 11.6 Å². The van der Waals surface area contributed by atoms with Gasteiger partial charge < -0.3 is 5.73 Å². The molecule has 0 bridgehead atoms. The Morgan fingerprint density at radius 2 is 2.17 bits per heavy atom. The maximum Gasteiger partial charge on any atom is 0.212 e. The van der Waals surface area contributed by atoms with Crippen LogP contribution in [0.4, 0.5) is 8.78 Å². The Labute approximate surface area is 105 Å². The van der Waals surface area contributed by atoms with Gasteiger partial charge in [0.05, 0.1) is 11.3 Å². The molecule has 2 N–H and O–H groups in total. The highest BCUT2D eigenvalue weighted by atomic mass is 32.1. The van der Waals surface area contributed by atoms with Gasteiger partial charge >= 0.3 is 0 Å². The summed E-state index contributed by atoms with van der Waals surface area (Å²) in [5.74, 6) is -1.07. The molecule has 3 aromatic rings. The third kappa shape index (κ3) is 1.68. The van der Waals surface area contributed by atoms with Gasteiger partial charge in [-0.15, -0.1) is 16.4 Å².